The highest BCUT2D eigenvalue weighted by molar-refractivity contribution is 8.01. The largest absolute Gasteiger partial charge is 0.329 e. The molecule has 5 aromatic carbocycles. The molecule has 4 nitrogen and oxygen atoms in total. The van der Waals surface area contributed by atoms with E-state index in [1.54, 1.807) is 16.4 Å². The highest BCUT2D eigenvalue weighted by Crippen LogP contribution is 2.52. The van der Waals surface area contributed by atoms with E-state index in [0.717, 1.165) is 27.5 Å². The summed E-state index contributed by atoms with van der Waals surface area (Å²) in [6.07, 6.45) is 0.683. The average molecular weight is 565 g/mol. The van der Waals surface area contributed by atoms with Gasteiger partial charge in [-0.25, -0.2) is 8.42 Å². The molecular formula is C34H32N2O2S2. The van der Waals surface area contributed by atoms with Gasteiger partial charge in [-0.1, -0.05) is 121 Å². The molecular weight excluding hydrogens is 533 g/mol. The minimum absolute atomic E-state index is 0.0319. The molecule has 0 bridgehead atoms. The summed E-state index contributed by atoms with van der Waals surface area (Å²) in [5.74, 6) is 0. The van der Waals surface area contributed by atoms with E-state index in [-0.39, 0.29) is 17.8 Å². The summed E-state index contributed by atoms with van der Waals surface area (Å²) in [4.78, 5) is 0.316. The van der Waals surface area contributed by atoms with Gasteiger partial charge in [-0.05, 0) is 46.0 Å². The Balaban J connectivity index is 1.41. The van der Waals surface area contributed by atoms with Crippen LogP contribution in [0, 0.1) is 0 Å². The minimum atomic E-state index is -3.73. The first-order chi connectivity index (χ1) is 19.5. The molecule has 2 unspecified atom stereocenters. The summed E-state index contributed by atoms with van der Waals surface area (Å²) in [5.41, 5.74) is 9.73. The van der Waals surface area contributed by atoms with Gasteiger partial charge in [0.1, 0.15) is 0 Å². The number of nitrogens with zero attached hydrogens (tertiary/aromatic N) is 1. The highest BCUT2D eigenvalue weighted by Gasteiger charge is 2.45. The second-order valence-electron chi connectivity index (χ2n) is 10.2. The van der Waals surface area contributed by atoms with E-state index in [4.69, 9.17) is 5.73 Å². The van der Waals surface area contributed by atoms with Crippen LogP contribution in [0.5, 0.6) is 0 Å². The van der Waals surface area contributed by atoms with Crippen LogP contribution in [0.4, 0.5) is 0 Å². The number of fused-ring (bicyclic) bond motifs is 1. The molecule has 1 aliphatic rings. The van der Waals surface area contributed by atoms with Crippen LogP contribution in [0.2, 0.25) is 0 Å². The van der Waals surface area contributed by atoms with E-state index in [9.17, 15) is 8.42 Å². The number of rotatable bonds is 8. The molecule has 0 aromatic heterocycles. The van der Waals surface area contributed by atoms with Gasteiger partial charge in [0.25, 0.3) is 0 Å². The normalized spacial score (nSPS) is 18.2. The van der Waals surface area contributed by atoms with E-state index in [1.165, 1.54) is 0 Å². The minimum Gasteiger partial charge on any atom is -0.329 e. The van der Waals surface area contributed by atoms with Crippen molar-refractivity contribution in [1.29, 1.82) is 0 Å². The van der Waals surface area contributed by atoms with Crippen molar-refractivity contribution < 1.29 is 8.42 Å². The van der Waals surface area contributed by atoms with Crippen molar-refractivity contribution in [2.45, 2.75) is 27.4 Å². The zero-order valence-electron chi connectivity index (χ0n) is 22.1. The van der Waals surface area contributed by atoms with Crippen LogP contribution >= 0.6 is 11.8 Å². The number of hydrogen-bond acceptors (Lipinski definition) is 4. The first kappa shape index (κ1) is 26.8. The van der Waals surface area contributed by atoms with Gasteiger partial charge in [0.2, 0.25) is 10.0 Å². The molecule has 2 atom stereocenters. The standard InChI is InChI=1S/C34H32N2O2S2/c35-24-31-23-32(25-36(31)40(37,38)33-21-20-26-12-10-11-13-27(26)22-33)39-34(28-14-4-1-5-15-28,29-16-6-2-7-17-29)30-18-8-3-9-19-30/h1-22,31-32H,23-25,35H2. The molecule has 0 amide bonds. The fourth-order valence-electron chi connectivity index (χ4n) is 5.87. The molecule has 1 aliphatic heterocycles. The van der Waals surface area contributed by atoms with Crippen molar-refractivity contribution in [2.24, 2.45) is 5.73 Å². The Bertz CT molecular complexity index is 1600. The maximum Gasteiger partial charge on any atom is 0.243 e. The summed E-state index contributed by atoms with van der Waals surface area (Å²) in [6, 6.07) is 44.5. The van der Waals surface area contributed by atoms with Crippen LogP contribution < -0.4 is 5.73 Å². The van der Waals surface area contributed by atoms with Crippen molar-refractivity contribution in [1.82, 2.24) is 4.31 Å². The molecule has 1 fully saturated rings. The summed E-state index contributed by atoms with van der Waals surface area (Å²) in [6.45, 7) is 0.675. The van der Waals surface area contributed by atoms with Crippen LogP contribution in [0.3, 0.4) is 0 Å². The van der Waals surface area contributed by atoms with Gasteiger partial charge in [-0.15, -0.1) is 11.8 Å². The third-order valence-electron chi connectivity index (χ3n) is 7.81. The third-order valence-corrected chi connectivity index (χ3v) is 11.5. The van der Waals surface area contributed by atoms with Crippen LogP contribution in [0.25, 0.3) is 10.8 Å². The molecule has 2 N–H and O–H groups in total. The predicted octanol–water partition coefficient (Wildman–Crippen LogP) is 6.66. The Hall–Kier alpha value is -3.42. The summed E-state index contributed by atoms with van der Waals surface area (Å²) in [5, 5.41) is 1.96. The van der Waals surface area contributed by atoms with Crippen LogP contribution in [-0.4, -0.2) is 37.1 Å². The first-order valence-corrected chi connectivity index (χ1v) is 15.9. The molecule has 0 radical (unpaired) electrons. The Morgan fingerprint density at radius 1 is 0.700 bits per heavy atom. The zero-order valence-corrected chi connectivity index (χ0v) is 23.8. The molecule has 0 aliphatic carbocycles. The second kappa shape index (κ2) is 11.2. The Morgan fingerprint density at radius 2 is 1.20 bits per heavy atom. The maximum absolute atomic E-state index is 14.0. The van der Waals surface area contributed by atoms with Crippen molar-refractivity contribution in [3.05, 3.63) is 150 Å². The number of benzene rings is 5. The van der Waals surface area contributed by atoms with E-state index in [1.807, 2.05) is 60.3 Å². The lowest BCUT2D eigenvalue weighted by atomic mass is 9.84. The van der Waals surface area contributed by atoms with Gasteiger partial charge in [-0.3, -0.25) is 0 Å². The van der Waals surface area contributed by atoms with Crippen LogP contribution in [0.15, 0.2) is 138 Å². The average Bonchev–Trinajstić information content (AvgIpc) is 3.45. The van der Waals surface area contributed by atoms with Crippen molar-refractivity contribution >= 4 is 32.6 Å². The Kier molecular flexibility index (Phi) is 7.51. The maximum atomic E-state index is 14.0. The molecule has 1 saturated heterocycles. The monoisotopic (exact) mass is 564 g/mol. The molecule has 0 spiro atoms. The molecule has 6 rings (SSSR count). The molecule has 0 saturated carbocycles. The van der Waals surface area contributed by atoms with E-state index in [0.29, 0.717) is 17.9 Å². The lowest BCUT2D eigenvalue weighted by Gasteiger charge is -2.37. The SMILES string of the molecule is NCC1CC(SC(c2ccccc2)(c2ccccc2)c2ccccc2)CN1S(=O)(=O)c1ccc2ccccc2c1. The Labute approximate surface area is 240 Å². The number of sulfonamides is 1. The smallest absolute Gasteiger partial charge is 0.243 e. The first-order valence-electron chi connectivity index (χ1n) is 13.6. The topological polar surface area (TPSA) is 63.4 Å². The third kappa shape index (κ3) is 4.86. The Morgan fingerprint density at radius 3 is 1.73 bits per heavy atom. The van der Waals surface area contributed by atoms with Gasteiger partial charge in [0, 0.05) is 24.4 Å². The van der Waals surface area contributed by atoms with Gasteiger partial charge in [0.05, 0.1) is 9.64 Å². The lowest BCUT2D eigenvalue weighted by Crippen LogP contribution is -2.40. The van der Waals surface area contributed by atoms with E-state index in [2.05, 4.69) is 72.8 Å². The molecule has 202 valence electrons. The summed E-state index contributed by atoms with van der Waals surface area (Å²) < 4.78 is 29.2. The summed E-state index contributed by atoms with van der Waals surface area (Å²) >= 11 is 1.83. The number of hydrogen-bond donors (Lipinski definition) is 1. The fraction of sp³-hybridized carbons (Fsp3) is 0.176. The predicted molar refractivity (Wildman–Crippen MR) is 166 cm³/mol. The van der Waals surface area contributed by atoms with Gasteiger partial charge < -0.3 is 5.73 Å². The highest BCUT2D eigenvalue weighted by atomic mass is 32.2. The number of thioether (sulfide) groups is 1. The van der Waals surface area contributed by atoms with Gasteiger partial charge in [-0.2, -0.15) is 4.31 Å². The van der Waals surface area contributed by atoms with Crippen molar-refractivity contribution in [3.8, 4) is 0 Å². The molecule has 1 heterocycles. The quantitative estimate of drug-likeness (QED) is 0.214. The van der Waals surface area contributed by atoms with E-state index >= 15 is 0 Å². The van der Waals surface area contributed by atoms with Gasteiger partial charge in [0.15, 0.2) is 0 Å². The second-order valence-corrected chi connectivity index (χ2v) is 13.6. The van der Waals surface area contributed by atoms with E-state index < -0.39 is 14.8 Å². The fourth-order valence-corrected chi connectivity index (χ4v) is 9.57. The molecule has 5 aromatic rings. The zero-order chi connectivity index (χ0) is 27.6. The molecule has 40 heavy (non-hydrogen) atoms. The van der Waals surface area contributed by atoms with Gasteiger partial charge >= 0.3 is 0 Å². The molecule has 6 heteroatoms. The van der Waals surface area contributed by atoms with Crippen LogP contribution in [-0.2, 0) is 14.8 Å². The lowest BCUT2D eigenvalue weighted by molar-refractivity contribution is 0.393. The van der Waals surface area contributed by atoms with Crippen molar-refractivity contribution in [3.63, 3.8) is 0 Å². The van der Waals surface area contributed by atoms with Crippen LogP contribution in [0.1, 0.15) is 23.1 Å². The van der Waals surface area contributed by atoms with Crippen molar-refractivity contribution in [2.75, 3.05) is 13.1 Å². The summed E-state index contributed by atoms with van der Waals surface area (Å²) in [7, 11) is -3.73. The number of nitrogens with two attached hydrogens (primary N) is 1.